The number of urea groups is 1. The summed E-state index contributed by atoms with van der Waals surface area (Å²) in [4.78, 5) is 15.9. The summed E-state index contributed by atoms with van der Waals surface area (Å²) in [7, 11) is 0. The molecule has 1 aromatic heterocycles. The van der Waals surface area contributed by atoms with E-state index in [4.69, 9.17) is 4.74 Å². The van der Waals surface area contributed by atoms with Crippen molar-refractivity contribution in [3.8, 4) is 0 Å². The minimum Gasteiger partial charge on any atom is -0.379 e. The number of thiophene rings is 1. The maximum Gasteiger partial charge on any atom is 0.315 e. The Hall–Kier alpha value is -1.11. The summed E-state index contributed by atoms with van der Waals surface area (Å²) in [6.07, 6.45) is 6.19. The highest BCUT2D eigenvalue weighted by molar-refractivity contribution is 7.09. The molecule has 0 radical (unpaired) electrons. The molecule has 5 nitrogen and oxygen atoms in total. The van der Waals surface area contributed by atoms with Gasteiger partial charge in [0, 0.05) is 30.1 Å². The van der Waals surface area contributed by atoms with Crippen LogP contribution in [0.3, 0.4) is 0 Å². The Balaban J connectivity index is 1.52. The van der Waals surface area contributed by atoms with Crippen LogP contribution in [-0.4, -0.2) is 49.3 Å². The van der Waals surface area contributed by atoms with Crippen molar-refractivity contribution in [1.82, 2.24) is 15.5 Å². The first-order valence-corrected chi connectivity index (χ1v) is 9.53. The standard InChI is InChI=1S/C17H27N3O2S/c21-16(18-13-15-5-4-12-23-15)19-14-17(6-2-1-3-7-17)20-8-10-22-11-9-20/h4-5,12H,1-3,6-11,13-14H2,(H2,18,19,21). The van der Waals surface area contributed by atoms with Crippen LogP contribution in [0.15, 0.2) is 17.5 Å². The van der Waals surface area contributed by atoms with Crippen molar-refractivity contribution < 1.29 is 9.53 Å². The molecule has 2 aliphatic rings. The fraction of sp³-hybridized carbons (Fsp3) is 0.706. The monoisotopic (exact) mass is 337 g/mol. The summed E-state index contributed by atoms with van der Waals surface area (Å²) < 4.78 is 5.50. The molecule has 0 aromatic carbocycles. The molecule has 23 heavy (non-hydrogen) atoms. The first-order valence-electron chi connectivity index (χ1n) is 8.65. The van der Waals surface area contributed by atoms with E-state index < -0.39 is 0 Å². The normalized spacial score (nSPS) is 21.7. The van der Waals surface area contributed by atoms with Crippen LogP contribution in [0.25, 0.3) is 0 Å². The topological polar surface area (TPSA) is 53.6 Å². The Morgan fingerprint density at radius 3 is 2.70 bits per heavy atom. The zero-order valence-corrected chi connectivity index (χ0v) is 14.5. The van der Waals surface area contributed by atoms with Gasteiger partial charge in [-0.25, -0.2) is 4.79 Å². The molecule has 1 aromatic rings. The third kappa shape index (κ3) is 4.46. The lowest BCUT2D eigenvalue weighted by Gasteiger charge is -2.48. The molecule has 2 heterocycles. The number of nitrogens with one attached hydrogen (secondary N) is 2. The predicted molar refractivity (Wildman–Crippen MR) is 92.8 cm³/mol. The summed E-state index contributed by atoms with van der Waals surface area (Å²) in [5.74, 6) is 0. The van der Waals surface area contributed by atoms with Crippen molar-refractivity contribution in [1.29, 1.82) is 0 Å². The van der Waals surface area contributed by atoms with Gasteiger partial charge in [0.15, 0.2) is 0 Å². The van der Waals surface area contributed by atoms with Crippen molar-refractivity contribution in [3.05, 3.63) is 22.4 Å². The van der Waals surface area contributed by atoms with Gasteiger partial charge in [0.25, 0.3) is 0 Å². The van der Waals surface area contributed by atoms with Crippen LogP contribution in [0.4, 0.5) is 4.79 Å². The number of carbonyl (C=O) groups excluding carboxylic acids is 1. The second kappa shape index (κ2) is 8.13. The van der Waals surface area contributed by atoms with Gasteiger partial charge in [-0.15, -0.1) is 11.3 Å². The zero-order valence-electron chi connectivity index (χ0n) is 13.7. The summed E-state index contributed by atoms with van der Waals surface area (Å²) in [6, 6.07) is 3.99. The average Bonchev–Trinajstić information content (AvgIpc) is 3.13. The van der Waals surface area contributed by atoms with E-state index in [-0.39, 0.29) is 11.6 Å². The number of ether oxygens (including phenoxy) is 1. The maximum atomic E-state index is 12.1. The van der Waals surface area contributed by atoms with Crippen LogP contribution >= 0.6 is 11.3 Å². The molecule has 2 fully saturated rings. The number of hydrogen-bond donors (Lipinski definition) is 2. The van der Waals surface area contributed by atoms with Crippen LogP contribution in [0.1, 0.15) is 37.0 Å². The van der Waals surface area contributed by atoms with Gasteiger partial charge < -0.3 is 15.4 Å². The molecule has 1 saturated carbocycles. The van der Waals surface area contributed by atoms with Crippen molar-refractivity contribution in [2.75, 3.05) is 32.8 Å². The summed E-state index contributed by atoms with van der Waals surface area (Å²) in [6.45, 7) is 4.94. The molecular weight excluding hydrogens is 310 g/mol. The molecule has 1 aliphatic heterocycles. The molecule has 2 amide bonds. The van der Waals surface area contributed by atoms with Crippen molar-refractivity contribution in [3.63, 3.8) is 0 Å². The number of amides is 2. The van der Waals surface area contributed by atoms with Gasteiger partial charge in [-0.1, -0.05) is 25.3 Å². The minimum absolute atomic E-state index is 0.0587. The molecule has 128 valence electrons. The number of carbonyl (C=O) groups is 1. The Labute approximate surface area is 142 Å². The summed E-state index contributed by atoms with van der Waals surface area (Å²) in [5.41, 5.74) is 0.127. The van der Waals surface area contributed by atoms with Gasteiger partial charge in [-0.3, -0.25) is 4.90 Å². The number of rotatable bonds is 5. The molecule has 6 heteroatoms. The molecular formula is C17H27N3O2S. The van der Waals surface area contributed by atoms with Crippen LogP contribution < -0.4 is 10.6 Å². The molecule has 2 N–H and O–H groups in total. The van der Waals surface area contributed by atoms with Gasteiger partial charge in [0.05, 0.1) is 19.8 Å². The highest BCUT2D eigenvalue weighted by Crippen LogP contribution is 2.33. The maximum absolute atomic E-state index is 12.1. The molecule has 0 spiro atoms. The lowest BCUT2D eigenvalue weighted by molar-refractivity contribution is -0.0357. The highest BCUT2D eigenvalue weighted by Gasteiger charge is 2.38. The van der Waals surface area contributed by atoms with E-state index in [2.05, 4.69) is 15.5 Å². The lowest BCUT2D eigenvalue weighted by Crippen LogP contribution is -2.60. The SMILES string of the molecule is O=C(NCc1cccs1)NCC1(N2CCOCC2)CCCCC1. The molecule has 0 bridgehead atoms. The quantitative estimate of drug-likeness (QED) is 0.868. The predicted octanol–water partition coefficient (Wildman–Crippen LogP) is 2.58. The smallest absolute Gasteiger partial charge is 0.315 e. The second-order valence-electron chi connectivity index (χ2n) is 6.50. The third-order valence-corrected chi connectivity index (χ3v) is 5.92. The van der Waals surface area contributed by atoms with Gasteiger partial charge in [0.2, 0.25) is 0 Å². The Morgan fingerprint density at radius 2 is 2.00 bits per heavy atom. The Morgan fingerprint density at radius 1 is 1.22 bits per heavy atom. The molecule has 1 aliphatic carbocycles. The Kier molecular flexibility index (Phi) is 5.91. The van der Waals surface area contributed by atoms with Crippen LogP contribution in [0.2, 0.25) is 0 Å². The third-order valence-electron chi connectivity index (χ3n) is 5.05. The van der Waals surface area contributed by atoms with E-state index in [1.54, 1.807) is 11.3 Å². The number of hydrogen-bond acceptors (Lipinski definition) is 4. The second-order valence-corrected chi connectivity index (χ2v) is 7.53. The number of morpholine rings is 1. The zero-order chi connectivity index (χ0) is 16.0. The van der Waals surface area contributed by atoms with Crippen LogP contribution in [0, 0.1) is 0 Å². The first-order chi connectivity index (χ1) is 11.3. The molecule has 0 unspecified atom stereocenters. The molecule has 1 saturated heterocycles. The van der Waals surface area contributed by atoms with E-state index in [0.717, 1.165) is 32.8 Å². The lowest BCUT2D eigenvalue weighted by atomic mass is 9.80. The molecule has 0 atom stereocenters. The summed E-state index contributed by atoms with van der Waals surface area (Å²) >= 11 is 1.67. The van der Waals surface area contributed by atoms with Gasteiger partial charge in [0.1, 0.15) is 0 Å². The highest BCUT2D eigenvalue weighted by atomic mass is 32.1. The van der Waals surface area contributed by atoms with Crippen LogP contribution in [0.5, 0.6) is 0 Å². The van der Waals surface area contributed by atoms with Crippen molar-refractivity contribution in [2.24, 2.45) is 0 Å². The summed E-state index contributed by atoms with van der Waals surface area (Å²) in [5, 5.41) is 8.12. The van der Waals surface area contributed by atoms with Gasteiger partial charge in [-0.05, 0) is 24.3 Å². The van der Waals surface area contributed by atoms with Gasteiger partial charge in [-0.2, -0.15) is 0 Å². The van der Waals surface area contributed by atoms with Crippen LogP contribution in [-0.2, 0) is 11.3 Å². The Bertz CT molecular complexity index is 480. The van der Waals surface area contributed by atoms with E-state index in [9.17, 15) is 4.79 Å². The fourth-order valence-electron chi connectivity index (χ4n) is 3.74. The average molecular weight is 337 g/mol. The fourth-order valence-corrected chi connectivity index (χ4v) is 4.38. The first kappa shape index (κ1) is 16.7. The van der Waals surface area contributed by atoms with E-state index in [1.165, 1.54) is 37.0 Å². The van der Waals surface area contributed by atoms with E-state index >= 15 is 0 Å². The van der Waals surface area contributed by atoms with Crippen molar-refractivity contribution in [2.45, 2.75) is 44.2 Å². The number of nitrogens with zero attached hydrogens (tertiary/aromatic N) is 1. The van der Waals surface area contributed by atoms with Gasteiger partial charge >= 0.3 is 6.03 Å². The van der Waals surface area contributed by atoms with E-state index in [0.29, 0.717) is 6.54 Å². The minimum atomic E-state index is -0.0587. The van der Waals surface area contributed by atoms with Crippen molar-refractivity contribution >= 4 is 17.4 Å². The van der Waals surface area contributed by atoms with E-state index in [1.807, 2.05) is 17.5 Å². The largest absolute Gasteiger partial charge is 0.379 e. The molecule has 3 rings (SSSR count).